The number of nitrogens with one attached hydrogen (secondary N) is 2. The molecule has 1 rings (SSSR count). The Labute approximate surface area is 86.5 Å². The molecule has 5 heteroatoms. The van der Waals surface area contributed by atoms with Crippen molar-refractivity contribution in [3.05, 3.63) is 29.8 Å². The SMILES string of the molecule is CCCNC(=O)Nc1cc(F)ccc1F. The summed E-state index contributed by atoms with van der Waals surface area (Å²) in [6, 6.07) is 2.34. The summed E-state index contributed by atoms with van der Waals surface area (Å²) >= 11 is 0. The predicted molar refractivity (Wildman–Crippen MR) is 53.7 cm³/mol. The maximum Gasteiger partial charge on any atom is 0.319 e. The van der Waals surface area contributed by atoms with Crippen LogP contribution in [-0.4, -0.2) is 12.6 Å². The molecule has 0 unspecified atom stereocenters. The summed E-state index contributed by atoms with van der Waals surface area (Å²) in [5, 5.41) is 4.71. The lowest BCUT2D eigenvalue weighted by atomic mass is 10.3. The van der Waals surface area contributed by atoms with E-state index in [1.165, 1.54) is 0 Å². The van der Waals surface area contributed by atoms with Gasteiger partial charge >= 0.3 is 6.03 Å². The number of benzene rings is 1. The first-order valence-corrected chi connectivity index (χ1v) is 4.63. The highest BCUT2D eigenvalue weighted by Gasteiger charge is 2.06. The van der Waals surface area contributed by atoms with Gasteiger partial charge in [0.15, 0.2) is 0 Å². The monoisotopic (exact) mass is 214 g/mol. The average Bonchev–Trinajstić information content (AvgIpc) is 2.20. The highest BCUT2D eigenvalue weighted by atomic mass is 19.1. The normalized spacial score (nSPS) is 9.80. The molecule has 2 N–H and O–H groups in total. The molecule has 0 atom stereocenters. The molecular weight excluding hydrogens is 202 g/mol. The summed E-state index contributed by atoms with van der Waals surface area (Å²) < 4.78 is 25.8. The van der Waals surface area contributed by atoms with Gasteiger partial charge in [-0.2, -0.15) is 0 Å². The number of amides is 2. The minimum atomic E-state index is -0.664. The fourth-order valence-corrected chi connectivity index (χ4v) is 0.998. The zero-order valence-electron chi connectivity index (χ0n) is 8.31. The molecule has 15 heavy (non-hydrogen) atoms. The van der Waals surface area contributed by atoms with Crippen molar-refractivity contribution in [3.8, 4) is 0 Å². The van der Waals surface area contributed by atoms with E-state index in [1.807, 2.05) is 6.92 Å². The van der Waals surface area contributed by atoms with Crippen LogP contribution < -0.4 is 10.6 Å². The largest absolute Gasteiger partial charge is 0.338 e. The van der Waals surface area contributed by atoms with Gasteiger partial charge in [0.05, 0.1) is 5.69 Å². The van der Waals surface area contributed by atoms with Crippen LogP contribution in [0.15, 0.2) is 18.2 Å². The van der Waals surface area contributed by atoms with Crippen LogP contribution in [-0.2, 0) is 0 Å². The molecular formula is C10H12F2N2O. The Morgan fingerprint density at radius 2 is 2.13 bits per heavy atom. The van der Waals surface area contributed by atoms with Gasteiger partial charge in [0.25, 0.3) is 0 Å². The van der Waals surface area contributed by atoms with E-state index in [4.69, 9.17) is 0 Å². The van der Waals surface area contributed by atoms with Crippen LogP contribution in [0.25, 0.3) is 0 Å². The summed E-state index contributed by atoms with van der Waals surface area (Å²) in [4.78, 5) is 11.1. The van der Waals surface area contributed by atoms with E-state index >= 15 is 0 Å². The molecule has 0 aromatic heterocycles. The Hall–Kier alpha value is -1.65. The number of hydrogen-bond acceptors (Lipinski definition) is 1. The first-order chi connectivity index (χ1) is 7.13. The maximum absolute atomic E-state index is 13.0. The Bertz CT molecular complexity index is 355. The van der Waals surface area contributed by atoms with Crippen molar-refractivity contribution in [1.29, 1.82) is 0 Å². The number of carbonyl (C=O) groups excluding carboxylic acids is 1. The van der Waals surface area contributed by atoms with Crippen LogP contribution in [0.4, 0.5) is 19.3 Å². The first kappa shape index (κ1) is 11.4. The Morgan fingerprint density at radius 1 is 1.40 bits per heavy atom. The second-order valence-electron chi connectivity index (χ2n) is 3.01. The van der Waals surface area contributed by atoms with Gasteiger partial charge in [-0.05, 0) is 18.6 Å². The molecule has 0 spiro atoms. The molecule has 0 aliphatic carbocycles. The van der Waals surface area contributed by atoms with Crippen molar-refractivity contribution in [1.82, 2.24) is 5.32 Å². The third kappa shape index (κ3) is 3.53. The zero-order chi connectivity index (χ0) is 11.3. The molecule has 0 bridgehead atoms. The molecule has 0 aliphatic rings. The van der Waals surface area contributed by atoms with E-state index < -0.39 is 17.7 Å². The minimum Gasteiger partial charge on any atom is -0.338 e. The van der Waals surface area contributed by atoms with Gasteiger partial charge in [-0.15, -0.1) is 0 Å². The molecule has 82 valence electrons. The lowest BCUT2D eigenvalue weighted by molar-refractivity contribution is 0.252. The van der Waals surface area contributed by atoms with Crippen LogP contribution in [0, 0.1) is 11.6 Å². The standard InChI is InChI=1S/C10H12F2N2O/c1-2-5-13-10(15)14-9-6-7(11)3-4-8(9)12/h3-4,6H,2,5H2,1H3,(H2,13,14,15). The van der Waals surface area contributed by atoms with Crippen molar-refractivity contribution in [2.24, 2.45) is 0 Å². The van der Waals surface area contributed by atoms with Crippen LogP contribution in [0.3, 0.4) is 0 Å². The summed E-state index contributed by atoms with van der Waals surface area (Å²) in [6.07, 6.45) is 0.777. The highest BCUT2D eigenvalue weighted by molar-refractivity contribution is 5.89. The number of anilines is 1. The minimum absolute atomic E-state index is 0.163. The molecule has 1 aromatic rings. The second-order valence-corrected chi connectivity index (χ2v) is 3.01. The van der Waals surface area contributed by atoms with Gasteiger partial charge in [-0.1, -0.05) is 6.92 Å². The van der Waals surface area contributed by atoms with Crippen molar-refractivity contribution in [2.75, 3.05) is 11.9 Å². The zero-order valence-corrected chi connectivity index (χ0v) is 8.31. The third-order valence-electron chi connectivity index (χ3n) is 1.71. The first-order valence-electron chi connectivity index (χ1n) is 4.63. The predicted octanol–water partition coefficient (Wildman–Crippen LogP) is 2.50. The molecule has 0 fully saturated rings. The second kappa shape index (κ2) is 5.29. The summed E-state index contributed by atoms with van der Waals surface area (Å²) in [5.41, 5.74) is -0.163. The summed E-state index contributed by atoms with van der Waals surface area (Å²) in [7, 11) is 0. The third-order valence-corrected chi connectivity index (χ3v) is 1.71. The summed E-state index contributed by atoms with van der Waals surface area (Å²) in [5.74, 6) is -1.26. The lowest BCUT2D eigenvalue weighted by Crippen LogP contribution is -2.29. The van der Waals surface area contributed by atoms with Gasteiger partial charge in [-0.25, -0.2) is 13.6 Å². The van der Waals surface area contributed by atoms with E-state index in [2.05, 4.69) is 10.6 Å². The average molecular weight is 214 g/mol. The number of carbonyl (C=O) groups is 1. The van der Waals surface area contributed by atoms with Gasteiger partial charge in [0, 0.05) is 12.6 Å². The van der Waals surface area contributed by atoms with E-state index in [9.17, 15) is 13.6 Å². The molecule has 3 nitrogen and oxygen atoms in total. The topological polar surface area (TPSA) is 41.1 Å². The molecule has 0 aliphatic heterocycles. The van der Waals surface area contributed by atoms with Crippen LogP contribution >= 0.6 is 0 Å². The highest BCUT2D eigenvalue weighted by Crippen LogP contribution is 2.14. The van der Waals surface area contributed by atoms with Gasteiger partial charge in [0.2, 0.25) is 0 Å². The van der Waals surface area contributed by atoms with Crippen molar-refractivity contribution >= 4 is 11.7 Å². The van der Waals surface area contributed by atoms with Crippen molar-refractivity contribution < 1.29 is 13.6 Å². The van der Waals surface area contributed by atoms with E-state index in [-0.39, 0.29) is 5.69 Å². The van der Waals surface area contributed by atoms with Gasteiger partial charge < -0.3 is 10.6 Å². The van der Waals surface area contributed by atoms with E-state index in [0.29, 0.717) is 6.54 Å². The number of rotatable bonds is 3. The molecule has 2 amide bonds. The quantitative estimate of drug-likeness (QED) is 0.797. The number of hydrogen-bond donors (Lipinski definition) is 2. The van der Waals surface area contributed by atoms with Gasteiger partial charge in [0.1, 0.15) is 11.6 Å². The Balaban J connectivity index is 2.63. The Morgan fingerprint density at radius 3 is 2.80 bits per heavy atom. The molecule has 0 heterocycles. The fourth-order valence-electron chi connectivity index (χ4n) is 0.998. The smallest absolute Gasteiger partial charge is 0.319 e. The number of urea groups is 1. The molecule has 1 aromatic carbocycles. The van der Waals surface area contributed by atoms with Crippen LogP contribution in [0.5, 0.6) is 0 Å². The molecule has 0 saturated carbocycles. The number of halogens is 2. The van der Waals surface area contributed by atoms with Crippen LogP contribution in [0.1, 0.15) is 13.3 Å². The molecule has 0 saturated heterocycles. The fraction of sp³-hybridized carbons (Fsp3) is 0.300. The van der Waals surface area contributed by atoms with E-state index in [0.717, 1.165) is 24.6 Å². The lowest BCUT2D eigenvalue weighted by Gasteiger charge is -2.07. The van der Waals surface area contributed by atoms with Crippen molar-refractivity contribution in [2.45, 2.75) is 13.3 Å². The summed E-state index contributed by atoms with van der Waals surface area (Å²) in [6.45, 7) is 2.38. The Kier molecular flexibility index (Phi) is 4.03. The molecule has 0 radical (unpaired) electrons. The van der Waals surface area contributed by atoms with E-state index in [1.54, 1.807) is 0 Å². The van der Waals surface area contributed by atoms with Crippen molar-refractivity contribution in [3.63, 3.8) is 0 Å². The van der Waals surface area contributed by atoms with Gasteiger partial charge in [-0.3, -0.25) is 0 Å². The van der Waals surface area contributed by atoms with Crippen LogP contribution in [0.2, 0.25) is 0 Å². The maximum atomic E-state index is 13.0.